The smallest absolute Gasteiger partial charge is 0.377 e. The highest BCUT2D eigenvalue weighted by molar-refractivity contribution is 7.10. The highest BCUT2D eigenvalue weighted by atomic mass is 32.1. The number of anilines is 1. The molecule has 146 valence electrons. The van der Waals surface area contributed by atoms with Crippen molar-refractivity contribution in [3.05, 3.63) is 23.5 Å². The second-order valence-electron chi connectivity index (χ2n) is 4.97. The van der Waals surface area contributed by atoms with Crippen molar-refractivity contribution in [2.45, 2.75) is 20.8 Å². The molecule has 0 unspecified atom stereocenters. The van der Waals surface area contributed by atoms with Gasteiger partial charge >= 0.3 is 5.97 Å². The highest BCUT2D eigenvalue weighted by Crippen LogP contribution is 2.39. The van der Waals surface area contributed by atoms with Crippen LogP contribution in [0.3, 0.4) is 0 Å². The standard InChI is InChI=1S/C17H21N3O6S/c1-5-24-11-8-10(9-12(25-6-2)13(11)26-7-3)15(21)19-17-18-14(20-27-17)16(22)23-4/h8-9H,5-7H2,1-4H3,(H,18,19,20,21). The van der Waals surface area contributed by atoms with Gasteiger partial charge in [-0.05, 0) is 32.9 Å². The number of nitrogens with one attached hydrogen (secondary N) is 1. The lowest BCUT2D eigenvalue weighted by atomic mass is 10.1. The maximum absolute atomic E-state index is 12.6. The van der Waals surface area contributed by atoms with E-state index in [1.54, 1.807) is 12.1 Å². The van der Waals surface area contributed by atoms with Gasteiger partial charge in [-0.25, -0.2) is 4.79 Å². The van der Waals surface area contributed by atoms with Gasteiger partial charge in [0.15, 0.2) is 11.5 Å². The second-order valence-corrected chi connectivity index (χ2v) is 5.72. The molecule has 0 atom stereocenters. The zero-order chi connectivity index (χ0) is 19.8. The highest BCUT2D eigenvalue weighted by Gasteiger charge is 2.20. The second kappa shape index (κ2) is 9.72. The fourth-order valence-corrected chi connectivity index (χ4v) is 2.69. The molecule has 0 radical (unpaired) electrons. The van der Waals surface area contributed by atoms with Crippen LogP contribution in [0.15, 0.2) is 12.1 Å². The third kappa shape index (κ3) is 5.07. The van der Waals surface area contributed by atoms with Gasteiger partial charge in [0.1, 0.15) is 0 Å². The summed E-state index contributed by atoms with van der Waals surface area (Å²) in [5.41, 5.74) is 0.292. The summed E-state index contributed by atoms with van der Waals surface area (Å²) < 4.78 is 25.2. The molecule has 0 bridgehead atoms. The number of esters is 1. The van der Waals surface area contributed by atoms with Crippen LogP contribution < -0.4 is 19.5 Å². The van der Waals surface area contributed by atoms with Crippen LogP contribution in [0, 0.1) is 0 Å². The zero-order valence-electron chi connectivity index (χ0n) is 15.5. The van der Waals surface area contributed by atoms with Gasteiger partial charge in [-0.3, -0.25) is 10.1 Å². The Labute approximate surface area is 160 Å². The maximum Gasteiger partial charge on any atom is 0.377 e. The van der Waals surface area contributed by atoms with E-state index >= 15 is 0 Å². The number of methoxy groups -OCH3 is 1. The molecule has 0 saturated heterocycles. The molecule has 0 aliphatic carbocycles. The Hall–Kier alpha value is -2.88. The summed E-state index contributed by atoms with van der Waals surface area (Å²) in [6.45, 7) is 6.73. The van der Waals surface area contributed by atoms with Gasteiger partial charge in [-0.2, -0.15) is 9.36 Å². The third-order valence-corrected chi connectivity index (χ3v) is 3.82. The number of hydrogen-bond donors (Lipinski definition) is 1. The molecule has 1 aromatic heterocycles. The van der Waals surface area contributed by atoms with Crippen LogP contribution in [0.5, 0.6) is 17.2 Å². The first-order chi connectivity index (χ1) is 13.0. The van der Waals surface area contributed by atoms with E-state index in [9.17, 15) is 9.59 Å². The summed E-state index contributed by atoms with van der Waals surface area (Å²) in [6, 6.07) is 3.13. The van der Waals surface area contributed by atoms with E-state index in [2.05, 4.69) is 19.4 Å². The van der Waals surface area contributed by atoms with Crippen molar-refractivity contribution in [1.82, 2.24) is 9.36 Å². The number of carbonyl (C=O) groups is 2. The van der Waals surface area contributed by atoms with Gasteiger partial charge in [-0.15, -0.1) is 0 Å². The number of hydrogen-bond acceptors (Lipinski definition) is 9. The van der Waals surface area contributed by atoms with Crippen LogP contribution in [0.25, 0.3) is 0 Å². The molecule has 2 rings (SSSR count). The van der Waals surface area contributed by atoms with Crippen molar-refractivity contribution in [1.29, 1.82) is 0 Å². The lowest BCUT2D eigenvalue weighted by Crippen LogP contribution is -2.13. The summed E-state index contributed by atoms with van der Waals surface area (Å²) >= 11 is 0.875. The van der Waals surface area contributed by atoms with E-state index < -0.39 is 11.9 Å². The first-order valence-electron chi connectivity index (χ1n) is 8.33. The van der Waals surface area contributed by atoms with Crippen LogP contribution in [-0.2, 0) is 4.74 Å². The minimum Gasteiger partial charge on any atom is -0.490 e. The summed E-state index contributed by atoms with van der Waals surface area (Å²) in [4.78, 5) is 27.9. The van der Waals surface area contributed by atoms with E-state index in [1.807, 2.05) is 20.8 Å². The molecule has 27 heavy (non-hydrogen) atoms. The summed E-state index contributed by atoms with van der Waals surface area (Å²) in [7, 11) is 1.23. The van der Waals surface area contributed by atoms with E-state index in [-0.39, 0.29) is 11.0 Å². The molecule has 1 aromatic carbocycles. The summed E-state index contributed by atoms with van der Waals surface area (Å²) in [5, 5.41) is 2.77. The Morgan fingerprint density at radius 3 is 2.15 bits per heavy atom. The lowest BCUT2D eigenvalue weighted by Gasteiger charge is -2.16. The van der Waals surface area contributed by atoms with Gasteiger partial charge in [0.05, 0.1) is 26.9 Å². The topological polar surface area (TPSA) is 109 Å². The van der Waals surface area contributed by atoms with Crippen molar-refractivity contribution in [2.75, 3.05) is 32.2 Å². The molecule has 0 fully saturated rings. The number of nitrogens with zero attached hydrogens (tertiary/aromatic N) is 2. The third-order valence-electron chi connectivity index (χ3n) is 3.19. The fourth-order valence-electron chi connectivity index (χ4n) is 2.14. The van der Waals surface area contributed by atoms with Gasteiger partial charge in [0.25, 0.3) is 11.7 Å². The molecule has 1 N–H and O–H groups in total. The molecule has 9 nitrogen and oxygen atoms in total. The Morgan fingerprint density at radius 1 is 1.04 bits per heavy atom. The van der Waals surface area contributed by atoms with E-state index in [1.165, 1.54) is 7.11 Å². The lowest BCUT2D eigenvalue weighted by molar-refractivity contribution is 0.0588. The van der Waals surface area contributed by atoms with Gasteiger partial charge in [-0.1, -0.05) is 0 Å². The van der Waals surface area contributed by atoms with E-state index in [0.717, 1.165) is 11.5 Å². The molecule has 10 heteroatoms. The largest absolute Gasteiger partial charge is 0.490 e. The van der Waals surface area contributed by atoms with Crippen LogP contribution in [-0.4, -0.2) is 48.2 Å². The number of benzene rings is 1. The van der Waals surface area contributed by atoms with Crippen molar-refractivity contribution < 1.29 is 28.5 Å². The van der Waals surface area contributed by atoms with Gasteiger partial charge in [0.2, 0.25) is 10.9 Å². The number of ether oxygens (including phenoxy) is 4. The molecule has 0 aliphatic heterocycles. The normalized spacial score (nSPS) is 10.2. The quantitative estimate of drug-likeness (QED) is 0.646. The van der Waals surface area contributed by atoms with Crippen molar-refractivity contribution in [3.8, 4) is 17.2 Å². The minimum atomic E-state index is -0.676. The van der Waals surface area contributed by atoms with Crippen molar-refractivity contribution in [3.63, 3.8) is 0 Å². The van der Waals surface area contributed by atoms with Crippen molar-refractivity contribution >= 4 is 28.5 Å². The van der Waals surface area contributed by atoms with Crippen molar-refractivity contribution in [2.24, 2.45) is 0 Å². The Bertz CT molecular complexity index is 781. The fraction of sp³-hybridized carbons (Fsp3) is 0.412. The Kier molecular flexibility index (Phi) is 7.35. The van der Waals surface area contributed by atoms with Crippen LogP contribution in [0.2, 0.25) is 0 Å². The molecule has 2 aromatic rings. The van der Waals surface area contributed by atoms with E-state index in [0.29, 0.717) is 42.6 Å². The molecular weight excluding hydrogens is 374 g/mol. The molecular formula is C17H21N3O6S. The maximum atomic E-state index is 12.6. The van der Waals surface area contributed by atoms with Crippen LogP contribution >= 0.6 is 11.5 Å². The minimum absolute atomic E-state index is 0.116. The molecule has 0 spiro atoms. The van der Waals surface area contributed by atoms with Gasteiger partial charge in [0, 0.05) is 17.1 Å². The summed E-state index contributed by atoms with van der Waals surface area (Å²) in [6.07, 6.45) is 0. The summed E-state index contributed by atoms with van der Waals surface area (Å²) in [5.74, 6) is 0.0136. The molecule has 0 aliphatic rings. The van der Waals surface area contributed by atoms with Crippen LogP contribution in [0.1, 0.15) is 41.7 Å². The monoisotopic (exact) mass is 395 g/mol. The van der Waals surface area contributed by atoms with Crippen LogP contribution in [0.4, 0.5) is 5.13 Å². The number of amides is 1. The van der Waals surface area contributed by atoms with Gasteiger partial charge < -0.3 is 18.9 Å². The zero-order valence-corrected chi connectivity index (χ0v) is 16.3. The average molecular weight is 395 g/mol. The first kappa shape index (κ1) is 20.4. The SMILES string of the molecule is CCOc1cc(C(=O)Nc2nc(C(=O)OC)ns2)cc(OCC)c1OCC. The molecule has 0 saturated carbocycles. The number of carbonyl (C=O) groups excluding carboxylic acids is 2. The molecule has 1 amide bonds. The molecule has 1 heterocycles. The predicted molar refractivity (Wildman–Crippen MR) is 99.2 cm³/mol. The number of rotatable bonds is 9. The Balaban J connectivity index is 2.31. The Morgan fingerprint density at radius 2 is 1.63 bits per heavy atom. The average Bonchev–Trinajstić information content (AvgIpc) is 3.12. The predicted octanol–water partition coefficient (Wildman–Crippen LogP) is 2.77. The van der Waals surface area contributed by atoms with E-state index in [4.69, 9.17) is 14.2 Å². The first-order valence-corrected chi connectivity index (χ1v) is 9.11. The number of aromatic nitrogens is 2.